The Bertz CT molecular complexity index is 1810. The zero-order valence-electron chi connectivity index (χ0n) is 20.8. The van der Waals surface area contributed by atoms with Crippen molar-refractivity contribution in [2.45, 2.75) is 0 Å². The molecule has 0 atom stereocenters. The van der Waals surface area contributed by atoms with Gasteiger partial charge in [0.15, 0.2) is 0 Å². The SMILES string of the molecule is c1ccc(N(c2ccccc2)c2ccc(-c3cccc(-c4cccc5c4sc4ccccc45)c3)cc2)cc1. The van der Waals surface area contributed by atoms with Crippen LogP contribution in [0.4, 0.5) is 17.1 Å². The average Bonchev–Trinajstić information content (AvgIpc) is 3.38. The Morgan fingerprint density at radius 3 is 1.71 bits per heavy atom. The predicted molar refractivity (Wildman–Crippen MR) is 165 cm³/mol. The van der Waals surface area contributed by atoms with Crippen LogP contribution in [0, 0.1) is 0 Å². The number of hydrogen-bond donors (Lipinski definition) is 0. The van der Waals surface area contributed by atoms with Crippen molar-refractivity contribution < 1.29 is 0 Å². The second kappa shape index (κ2) is 9.66. The van der Waals surface area contributed by atoms with Crippen LogP contribution in [-0.4, -0.2) is 0 Å². The van der Waals surface area contributed by atoms with E-state index in [1.807, 2.05) is 11.3 Å². The summed E-state index contributed by atoms with van der Waals surface area (Å²) in [4.78, 5) is 2.29. The fourth-order valence-corrected chi connectivity index (χ4v) is 6.48. The number of thiophene rings is 1. The number of benzene rings is 6. The molecular weight excluding hydrogens is 478 g/mol. The molecule has 0 aliphatic rings. The molecule has 180 valence electrons. The minimum atomic E-state index is 1.14. The van der Waals surface area contributed by atoms with E-state index in [0.29, 0.717) is 0 Å². The van der Waals surface area contributed by atoms with Crippen LogP contribution in [0.3, 0.4) is 0 Å². The highest BCUT2D eigenvalue weighted by Gasteiger charge is 2.13. The lowest BCUT2D eigenvalue weighted by Gasteiger charge is -2.25. The van der Waals surface area contributed by atoms with Gasteiger partial charge in [0.25, 0.3) is 0 Å². The minimum Gasteiger partial charge on any atom is -0.311 e. The molecule has 0 radical (unpaired) electrons. The predicted octanol–water partition coefficient (Wildman–Crippen LogP) is 10.9. The van der Waals surface area contributed by atoms with E-state index in [9.17, 15) is 0 Å². The molecular formula is C36H25NS. The van der Waals surface area contributed by atoms with E-state index in [2.05, 4.69) is 157 Å². The summed E-state index contributed by atoms with van der Waals surface area (Å²) in [6.07, 6.45) is 0. The summed E-state index contributed by atoms with van der Waals surface area (Å²) < 4.78 is 2.69. The topological polar surface area (TPSA) is 3.24 Å². The second-order valence-electron chi connectivity index (χ2n) is 9.41. The minimum absolute atomic E-state index is 1.14. The van der Waals surface area contributed by atoms with E-state index in [4.69, 9.17) is 0 Å². The Kier molecular flexibility index (Phi) is 5.73. The molecule has 0 amide bonds. The van der Waals surface area contributed by atoms with E-state index in [-0.39, 0.29) is 0 Å². The molecule has 0 aliphatic carbocycles. The number of hydrogen-bond acceptors (Lipinski definition) is 2. The quantitative estimate of drug-likeness (QED) is 0.226. The lowest BCUT2D eigenvalue weighted by Crippen LogP contribution is -2.09. The molecule has 0 spiro atoms. The number of nitrogens with zero attached hydrogens (tertiary/aromatic N) is 1. The Balaban J connectivity index is 1.27. The van der Waals surface area contributed by atoms with Gasteiger partial charge in [-0.25, -0.2) is 0 Å². The summed E-state index contributed by atoms with van der Waals surface area (Å²) in [5.74, 6) is 0. The summed E-state index contributed by atoms with van der Waals surface area (Å²) in [5, 5.41) is 2.67. The molecule has 1 heterocycles. The van der Waals surface area contributed by atoms with Gasteiger partial charge in [-0.3, -0.25) is 0 Å². The highest BCUT2D eigenvalue weighted by atomic mass is 32.1. The molecule has 0 saturated heterocycles. The van der Waals surface area contributed by atoms with Crippen molar-refractivity contribution in [3.63, 3.8) is 0 Å². The van der Waals surface area contributed by atoms with Crippen molar-refractivity contribution in [3.8, 4) is 22.3 Å². The molecule has 38 heavy (non-hydrogen) atoms. The Hall–Kier alpha value is -4.66. The molecule has 0 bridgehead atoms. The normalized spacial score (nSPS) is 11.2. The van der Waals surface area contributed by atoms with Crippen LogP contribution in [0.1, 0.15) is 0 Å². The molecule has 0 N–H and O–H groups in total. The summed E-state index contributed by atoms with van der Waals surface area (Å²) in [7, 11) is 0. The molecule has 6 aromatic carbocycles. The van der Waals surface area contributed by atoms with Crippen molar-refractivity contribution in [2.75, 3.05) is 4.90 Å². The molecule has 0 unspecified atom stereocenters. The molecule has 7 aromatic rings. The Morgan fingerprint density at radius 2 is 0.974 bits per heavy atom. The fourth-order valence-electron chi connectivity index (χ4n) is 5.25. The zero-order valence-corrected chi connectivity index (χ0v) is 21.6. The molecule has 7 rings (SSSR count). The van der Waals surface area contributed by atoms with Gasteiger partial charge in [0.1, 0.15) is 0 Å². The smallest absolute Gasteiger partial charge is 0.0462 e. The second-order valence-corrected chi connectivity index (χ2v) is 10.5. The third kappa shape index (κ3) is 4.06. The van der Waals surface area contributed by atoms with Crippen molar-refractivity contribution in [3.05, 3.63) is 152 Å². The van der Waals surface area contributed by atoms with Gasteiger partial charge in [0.2, 0.25) is 0 Å². The first-order chi connectivity index (χ1) is 18.8. The lowest BCUT2D eigenvalue weighted by atomic mass is 9.97. The fraction of sp³-hybridized carbons (Fsp3) is 0. The lowest BCUT2D eigenvalue weighted by molar-refractivity contribution is 1.28. The van der Waals surface area contributed by atoms with Crippen molar-refractivity contribution in [1.29, 1.82) is 0 Å². The van der Waals surface area contributed by atoms with Gasteiger partial charge in [-0.15, -0.1) is 11.3 Å². The van der Waals surface area contributed by atoms with Gasteiger partial charge < -0.3 is 4.90 Å². The van der Waals surface area contributed by atoms with Gasteiger partial charge in [-0.2, -0.15) is 0 Å². The maximum absolute atomic E-state index is 2.32. The third-order valence-corrected chi connectivity index (χ3v) is 8.29. The number of para-hydroxylation sites is 2. The van der Waals surface area contributed by atoms with Crippen LogP contribution < -0.4 is 4.90 Å². The molecule has 0 aliphatic heterocycles. The number of anilines is 3. The van der Waals surface area contributed by atoms with Crippen LogP contribution in [0.5, 0.6) is 0 Å². The van der Waals surface area contributed by atoms with E-state index < -0.39 is 0 Å². The van der Waals surface area contributed by atoms with E-state index in [1.165, 1.54) is 42.4 Å². The van der Waals surface area contributed by atoms with Crippen molar-refractivity contribution in [1.82, 2.24) is 0 Å². The van der Waals surface area contributed by atoms with Crippen LogP contribution >= 0.6 is 11.3 Å². The van der Waals surface area contributed by atoms with Gasteiger partial charge >= 0.3 is 0 Å². The molecule has 1 nitrogen and oxygen atoms in total. The van der Waals surface area contributed by atoms with Gasteiger partial charge in [0, 0.05) is 37.2 Å². The van der Waals surface area contributed by atoms with Crippen LogP contribution in [0.15, 0.2) is 152 Å². The summed E-state index contributed by atoms with van der Waals surface area (Å²) >= 11 is 1.88. The first-order valence-electron chi connectivity index (χ1n) is 12.9. The highest BCUT2D eigenvalue weighted by Crippen LogP contribution is 2.41. The van der Waals surface area contributed by atoms with E-state index in [1.54, 1.807) is 0 Å². The molecule has 0 fully saturated rings. The summed E-state index contributed by atoms with van der Waals surface area (Å²) in [6.45, 7) is 0. The first-order valence-corrected chi connectivity index (χ1v) is 13.7. The average molecular weight is 504 g/mol. The van der Waals surface area contributed by atoms with Gasteiger partial charge in [-0.05, 0) is 70.8 Å². The number of fused-ring (bicyclic) bond motifs is 3. The molecule has 0 saturated carbocycles. The van der Waals surface area contributed by atoms with Gasteiger partial charge in [-0.1, -0.05) is 103 Å². The van der Waals surface area contributed by atoms with Crippen molar-refractivity contribution >= 4 is 48.6 Å². The Labute approximate surface area is 226 Å². The van der Waals surface area contributed by atoms with Crippen molar-refractivity contribution in [2.24, 2.45) is 0 Å². The maximum Gasteiger partial charge on any atom is 0.0462 e. The van der Waals surface area contributed by atoms with Gasteiger partial charge in [0.05, 0.1) is 0 Å². The largest absolute Gasteiger partial charge is 0.311 e. The standard InChI is InChI=1S/C36H25NS/c1-3-13-29(14-4-1)37(30-15-5-2-6-16-30)31-23-21-26(22-24-31)27-11-9-12-28(25-27)32-18-10-19-34-33-17-7-8-20-35(33)38-36(32)34/h1-25H. The third-order valence-electron chi connectivity index (χ3n) is 7.07. The molecule has 2 heteroatoms. The van der Waals surface area contributed by atoms with E-state index >= 15 is 0 Å². The summed E-state index contributed by atoms with van der Waals surface area (Å²) in [5.41, 5.74) is 8.39. The Morgan fingerprint density at radius 1 is 0.395 bits per heavy atom. The van der Waals surface area contributed by atoms with Crippen LogP contribution in [0.2, 0.25) is 0 Å². The van der Waals surface area contributed by atoms with Crippen LogP contribution in [0.25, 0.3) is 42.4 Å². The monoisotopic (exact) mass is 503 g/mol. The molecule has 1 aromatic heterocycles. The highest BCUT2D eigenvalue weighted by molar-refractivity contribution is 7.26. The zero-order chi connectivity index (χ0) is 25.3. The van der Waals surface area contributed by atoms with E-state index in [0.717, 1.165) is 17.1 Å². The first kappa shape index (κ1) is 22.5. The number of rotatable bonds is 5. The van der Waals surface area contributed by atoms with Crippen LogP contribution in [-0.2, 0) is 0 Å². The maximum atomic E-state index is 2.32. The summed E-state index contributed by atoms with van der Waals surface area (Å²) in [6, 6.07) is 54.2.